The van der Waals surface area contributed by atoms with Crippen molar-refractivity contribution in [3.8, 4) is 28.6 Å². The van der Waals surface area contributed by atoms with E-state index in [0.717, 1.165) is 16.7 Å². The van der Waals surface area contributed by atoms with Crippen molar-refractivity contribution in [1.82, 2.24) is 10.1 Å². The zero-order valence-corrected chi connectivity index (χ0v) is 16.1. The van der Waals surface area contributed by atoms with Crippen molar-refractivity contribution in [3.05, 3.63) is 53.4 Å². The molecular weight excluding hydrogens is 362 g/mol. The summed E-state index contributed by atoms with van der Waals surface area (Å²) < 4.78 is 21.1. The fourth-order valence-corrected chi connectivity index (χ4v) is 2.61. The lowest BCUT2D eigenvalue weighted by Crippen LogP contribution is -1.97. The van der Waals surface area contributed by atoms with Gasteiger partial charge in [-0.05, 0) is 24.6 Å². The molecule has 0 unspecified atom stereocenters. The van der Waals surface area contributed by atoms with E-state index >= 15 is 0 Å². The van der Waals surface area contributed by atoms with Crippen molar-refractivity contribution in [2.24, 2.45) is 5.16 Å². The van der Waals surface area contributed by atoms with Gasteiger partial charge >= 0.3 is 0 Å². The van der Waals surface area contributed by atoms with Crippen LogP contribution in [0.4, 0.5) is 0 Å². The van der Waals surface area contributed by atoms with E-state index in [-0.39, 0.29) is 6.61 Å². The molecule has 1 aromatic heterocycles. The number of methoxy groups -OCH3 is 3. The number of ether oxygens (including phenoxy) is 3. The number of hydrogen-bond donors (Lipinski definition) is 0. The van der Waals surface area contributed by atoms with Crippen molar-refractivity contribution in [2.75, 3.05) is 21.3 Å². The molecule has 0 spiro atoms. The highest BCUT2D eigenvalue weighted by Gasteiger charge is 2.13. The molecule has 0 saturated carbocycles. The Hall–Kier alpha value is -3.55. The lowest BCUT2D eigenvalue weighted by Gasteiger charge is -2.12. The average molecular weight is 383 g/mol. The molecule has 0 saturated heterocycles. The number of aromatic nitrogens is 2. The third-order valence-corrected chi connectivity index (χ3v) is 4.01. The summed E-state index contributed by atoms with van der Waals surface area (Å²) in [7, 11) is 4.65. The van der Waals surface area contributed by atoms with Crippen LogP contribution in [0.15, 0.2) is 46.1 Å². The Balaban J connectivity index is 1.66. The van der Waals surface area contributed by atoms with Crippen LogP contribution >= 0.6 is 0 Å². The second-order valence-electron chi connectivity index (χ2n) is 5.79. The van der Waals surface area contributed by atoms with Crippen LogP contribution in [0.3, 0.4) is 0 Å². The van der Waals surface area contributed by atoms with Crippen LogP contribution in [0.5, 0.6) is 17.2 Å². The molecule has 1 heterocycles. The normalized spacial score (nSPS) is 10.9. The van der Waals surface area contributed by atoms with Crippen LogP contribution in [0.2, 0.25) is 0 Å². The van der Waals surface area contributed by atoms with E-state index in [4.69, 9.17) is 23.6 Å². The summed E-state index contributed by atoms with van der Waals surface area (Å²) >= 11 is 0. The molecule has 3 aromatic rings. The van der Waals surface area contributed by atoms with E-state index in [0.29, 0.717) is 29.0 Å². The van der Waals surface area contributed by atoms with Gasteiger partial charge in [-0.2, -0.15) is 4.98 Å². The predicted octanol–water partition coefficient (Wildman–Crippen LogP) is 3.62. The number of hydrogen-bond acceptors (Lipinski definition) is 8. The molecule has 0 bridgehead atoms. The van der Waals surface area contributed by atoms with Crippen molar-refractivity contribution in [2.45, 2.75) is 13.5 Å². The zero-order chi connectivity index (χ0) is 19.9. The Morgan fingerprint density at radius 2 is 1.75 bits per heavy atom. The Morgan fingerprint density at radius 1 is 1.04 bits per heavy atom. The Morgan fingerprint density at radius 3 is 2.39 bits per heavy atom. The lowest BCUT2D eigenvalue weighted by atomic mass is 10.1. The molecule has 0 N–H and O–H groups in total. The SMILES string of the molecule is COc1cc(/C=N\OCc2nc(-c3ccccc3C)no2)cc(OC)c1OC. The molecule has 8 heteroatoms. The first-order valence-electron chi connectivity index (χ1n) is 8.50. The first-order valence-corrected chi connectivity index (χ1v) is 8.50. The third kappa shape index (κ3) is 4.22. The largest absolute Gasteiger partial charge is 0.493 e. The van der Waals surface area contributed by atoms with Gasteiger partial charge in [0, 0.05) is 11.1 Å². The van der Waals surface area contributed by atoms with Gasteiger partial charge in [0.15, 0.2) is 18.1 Å². The number of nitrogens with zero attached hydrogens (tertiary/aromatic N) is 3. The van der Waals surface area contributed by atoms with Crippen LogP contribution in [0.25, 0.3) is 11.4 Å². The molecule has 0 aliphatic heterocycles. The fraction of sp³-hybridized carbons (Fsp3) is 0.250. The minimum absolute atomic E-state index is 0.0554. The molecule has 3 rings (SSSR count). The van der Waals surface area contributed by atoms with Crippen molar-refractivity contribution in [1.29, 1.82) is 0 Å². The Kier molecular flexibility index (Phi) is 6.11. The predicted molar refractivity (Wildman–Crippen MR) is 103 cm³/mol. The van der Waals surface area contributed by atoms with E-state index < -0.39 is 0 Å². The highest BCUT2D eigenvalue weighted by molar-refractivity contribution is 5.82. The summed E-state index contributed by atoms with van der Waals surface area (Å²) in [6.07, 6.45) is 1.53. The van der Waals surface area contributed by atoms with Gasteiger partial charge in [-0.1, -0.05) is 34.6 Å². The van der Waals surface area contributed by atoms with Gasteiger partial charge in [-0.15, -0.1) is 0 Å². The quantitative estimate of drug-likeness (QED) is 0.433. The molecule has 0 atom stereocenters. The molecule has 28 heavy (non-hydrogen) atoms. The third-order valence-electron chi connectivity index (χ3n) is 4.01. The van der Waals surface area contributed by atoms with Gasteiger partial charge in [0.2, 0.25) is 11.6 Å². The van der Waals surface area contributed by atoms with Gasteiger partial charge in [0.1, 0.15) is 0 Å². The number of benzene rings is 2. The van der Waals surface area contributed by atoms with Gasteiger partial charge in [0.25, 0.3) is 5.89 Å². The lowest BCUT2D eigenvalue weighted by molar-refractivity contribution is 0.107. The number of aryl methyl sites for hydroxylation is 1. The van der Waals surface area contributed by atoms with Crippen LogP contribution in [-0.4, -0.2) is 37.7 Å². The van der Waals surface area contributed by atoms with E-state index in [1.807, 2.05) is 31.2 Å². The molecular formula is C20H21N3O5. The second-order valence-corrected chi connectivity index (χ2v) is 5.79. The highest BCUT2D eigenvalue weighted by atomic mass is 16.6. The summed E-state index contributed by atoms with van der Waals surface area (Å²) in [6.45, 7) is 2.05. The summed E-state index contributed by atoms with van der Waals surface area (Å²) in [5, 5.41) is 7.92. The summed E-state index contributed by atoms with van der Waals surface area (Å²) in [6, 6.07) is 11.3. The van der Waals surface area contributed by atoms with Crippen molar-refractivity contribution >= 4 is 6.21 Å². The maximum Gasteiger partial charge on any atom is 0.267 e. The zero-order valence-electron chi connectivity index (χ0n) is 16.1. The molecule has 2 aromatic carbocycles. The molecule has 8 nitrogen and oxygen atoms in total. The highest BCUT2D eigenvalue weighted by Crippen LogP contribution is 2.37. The maximum absolute atomic E-state index is 5.31. The molecule has 0 fully saturated rings. The van der Waals surface area contributed by atoms with Gasteiger partial charge in [0.05, 0.1) is 27.5 Å². The van der Waals surface area contributed by atoms with Crippen LogP contribution in [0, 0.1) is 6.92 Å². The fourth-order valence-electron chi connectivity index (χ4n) is 2.61. The topological polar surface area (TPSA) is 88.2 Å². The van der Waals surface area contributed by atoms with Gasteiger partial charge in [-0.3, -0.25) is 0 Å². The summed E-state index contributed by atoms with van der Waals surface area (Å²) in [5.74, 6) is 2.43. The Labute approximate surface area is 162 Å². The summed E-state index contributed by atoms with van der Waals surface area (Å²) in [5.41, 5.74) is 2.70. The monoisotopic (exact) mass is 383 g/mol. The van der Waals surface area contributed by atoms with Crippen LogP contribution < -0.4 is 14.2 Å². The van der Waals surface area contributed by atoms with Gasteiger partial charge in [-0.25, -0.2) is 0 Å². The smallest absolute Gasteiger partial charge is 0.267 e. The maximum atomic E-state index is 5.31. The first kappa shape index (κ1) is 19.2. The van der Waals surface area contributed by atoms with E-state index in [9.17, 15) is 0 Å². The van der Waals surface area contributed by atoms with Crippen molar-refractivity contribution < 1.29 is 23.6 Å². The van der Waals surface area contributed by atoms with E-state index in [2.05, 4.69) is 15.3 Å². The van der Waals surface area contributed by atoms with Crippen molar-refractivity contribution in [3.63, 3.8) is 0 Å². The molecule has 0 aliphatic rings. The van der Waals surface area contributed by atoms with Gasteiger partial charge < -0.3 is 23.6 Å². The van der Waals surface area contributed by atoms with Crippen LogP contribution in [-0.2, 0) is 11.4 Å². The minimum Gasteiger partial charge on any atom is -0.493 e. The van der Waals surface area contributed by atoms with Crippen LogP contribution in [0.1, 0.15) is 17.0 Å². The average Bonchev–Trinajstić information content (AvgIpc) is 3.19. The van der Waals surface area contributed by atoms with E-state index in [1.54, 1.807) is 33.5 Å². The standard InChI is InChI=1S/C20H21N3O5/c1-13-7-5-6-8-15(13)20-22-18(28-23-20)12-27-21-11-14-9-16(24-2)19(26-4)17(10-14)25-3/h5-11H,12H2,1-4H3/b21-11-. The number of rotatable bonds is 8. The molecule has 146 valence electrons. The molecule has 0 aliphatic carbocycles. The summed E-state index contributed by atoms with van der Waals surface area (Å²) in [4.78, 5) is 9.60. The molecule has 0 radical (unpaired) electrons. The second kappa shape index (κ2) is 8.90. The minimum atomic E-state index is 0.0554. The first-order chi connectivity index (χ1) is 13.7. The van der Waals surface area contributed by atoms with E-state index in [1.165, 1.54) is 6.21 Å². The molecule has 0 amide bonds. The Bertz CT molecular complexity index is 943. The number of oxime groups is 1.